The van der Waals surface area contributed by atoms with Gasteiger partial charge in [0.05, 0.1) is 28.7 Å². The maximum Gasteiger partial charge on any atom is 0.416 e. The SMILES string of the molecule is CCCc1ccc(S(=O)(=O)N2CCN(C(=O)N3C(c4ccc(C(F)(F)F)cc4OCC)=NC(c4ccc(Cl)cc4)C3c3ccc(Cl)cc3)CC2)cc1. The second kappa shape index (κ2) is 15.5. The highest BCUT2D eigenvalue weighted by atomic mass is 35.5. The molecule has 2 amide bonds. The largest absolute Gasteiger partial charge is 0.493 e. The number of rotatable bonds is 9. The van der Waals surface area contributed by atoms with Crippen LogP contribution in [-0.4, -0.2) is 67.2 Å². The highest BCUT2D eigenvalue weighted by Gasteiger charge is 2.46. The van der Waals surface area contributed by atoms with E-state index in [4.69, 9.17) is 32.9 Å². The summed E-state index contributed by atoms with van der Waals surface area (Å²) in [5.41, 5.74) is 1.73. The van der Waals surface area contributed by atoms with Gasteiger partial charge in [-0.25, -0.2) is 13.2 Å². The van der Waals surface area contributed by atoms with Crippen molar-refractivity contribution in [2.75, 3.05) is 32.8 Å². The van der Waals surface area contributed by atoms with E-state index in [-0.39, 0.29) is 54.8 Å². The molecule has 52 heavy (non-hydrogen) atoms. The number of amides is 2. The fourth-order valence-corrected chi connectivity index (χ4v) is 8.22. The Morgan fingerprint density at radius 1 is 0.846 bits per heavy atom. The van der Waals surface area contributed by atoms with Gasteiger partial charge in [-0.3, -0.25) is 9.89 Å². The number of halogens is 5. The monoisotopic (exact) mass is 772 g/mol. The lowest BCUT2D eigenvalue weighted by Gasteiger charge is -2.38. The van der Waals surface area contributed by atoms with Crippen molar-refractivity contribution in [2.24, 2.45) is 4.99 Å². The summed E-state index contributed by atoms with van der Waals surface area (Å²) < 4.78 is 75.8. The number of aliphatic imine (C=N–C) groups is 1. The van der Waals surface area contributed by atoms with Crippen LogP contribution in [-0.2, 0) is 22.6 Å². The summed E-state index contributed by atoms with van der Waals surface area (Å²) in [6.07, 6.45) is -2.85. The molecule has 0 bridgehead atoms. The second-order valence-electron chi connectivity index (χ2n) is 12.5. The third-order valence-electron chi connectivity index (χ3n) is 9.15. The summed E-state index contributed by atoms with van der Waals surface area (Å²) in [7, 11) is -3.82. The summed E-state index contributed by atoms with van der Waals surface area (Å²) in [5.74, 6) is 0.0330. The van der Waals surface area contributed by atoms with E-state index in [0.717, 1.165) is 30.5 Å². The van der Waals surface area contributed by atoms with Crippen molar-refractivity contribution >= 4 is 45.1 Å². The van der Waals surface area contributed by atoms with Crippen LogP contribution in [0.2, 0.25) is 10.0 Å². The van der Waals surface area contributed by atoms with Crippen LogP contribution in [0.5, 0.6) is 5.75 Å². The Labute approximate surface area is 311 Å². The molecule has 274 valence electrons. The smallest absolute Gasteiger partial charge is 0.416 e. The van der Waals surface area contributed by atoms with Crippen LogP contribution >= 0.6 is 23.2 Å². The standard InChI is InChI=1S/C38H37Cl2F3N4O4S/c1-3-5-25-6-17-31(18-7-25)52(49,50)46-22-20-45(21-23-46)37(48)47-35(27-10-15-30(40)16-11-27)34(26-8-13-29(39)14-9-26)44-36(47)32-19-12-28(38(41,42)43)24-33(32)51-4-2/h6-19,24,34-35H,3-5,20-23H2,1-2H3. The Bertz CT molecular complexity index is 2040. The number of carbonyl (C=O) groups excluding carboxylic acids is 1. The molecule has 4 aromatic rings. The first-order valence-corrected chi connectivity index (χ1v) is 19.1. The Morgan fingerprint density at radius 2 is 1.44 bits per heavy atom. The van der Waals surface area contributed by atoms with Gasteiger partial charge in [0.2, 0.25) is 10.0 Å². The first-order chi connectivity index (χ1) is 24.8. The van der Waals surface area contributed by atoms with Gasteiger partial charge in [-0.05, 0) is 84.6 Å². The van der Waals surface area contributed by atoms with E-state index >= 15 is 0 Å². The number of hydrogen-bond acceptors (Lipinski definition) is 5. The molecule has 8 nitrogen and oxygen atoms in total. The first-order valence-electron chi connectivity index (χ1n) is 16.9. The molecule has 0 aliphatic carbocycles. The van der Waals surface area contributed by atoms with Crippen molar-refractivity contribution in [1.82, 2.24) is 14.1 Å². The third-order valence-corrected chi connectivity index (χ3v) is 11.6. The highest BCUT2D eigenvalue weighted by molar-refractivity contribution is 7.89. The van der Waals surface area contributed by atoms with E-state index in [1.54, 1.807) is 72.5 Å². The van der Waals surface area contributed by atoms with Crippen molar-refractivity contribution in [3.05, 3.63) is 129 Å². The second-order valence-corrected chi connectivity index (χ2v) is 15.3. The fraction of sp³-hybridized carbons (Fsp3) is 0.316. The van der Waals surface area contributed by atoms with E-state index in [9.17, 15) is 26.4 Å². The van der Waals surface area contributed by atoms with Crippen LogP contribution < -0.4 is 4.74 Å². The first kappa shape index (κ1) is 37.7. The Kier molecular flexibility index (Phi) is 11.2. The predicted molar refractivity (Wildman–Crippen MR) is 196 cm³/mol. The molecule has 0 radical (unpaired) electrons. The van der Waals surface area contributed by atoms with Crippen molar-refractivity contribution in [2.45, 2.75) is 49.8 Å². The molecule has 0 N–H and O–H groups in total. The van der Waals surface area contributed by atoms with Gasteiger partial charge in [0, 0.05) is 36.2 Å². The van der Waals surface area contributed by atoms with Gasteiger partial charge in [-0.1, -0.05) is 72.9 Å². The number of benzene rings is 4. The number of ether oxygens (including phenoxy) is 1. The van der Waals surface area contributed by atoms with Crippen LogP contribution in [0.4, 0.5) is 18.0 Å². The maximum atomic E-state index is 14.8. The van der Waals surface area contributed by atoms with Gasteiger partial charge in [0.25, 0.3) is 0 Å². The maximum absolute atomic E-state index is 14.8. The van der Waals surface area contributed by atoms with Crippen molar-refractivity contribution in [3.8, 4) is 5.75 Å². The molecule has 2 aliphatic rings. The third kappa shape index (κ3) is 7.80. The number of nitrogens with zero attached hydrogens (tertiary/aromatic N) is 4. The van der Waals surface area contributed by atoms with E-state index in [2.05, 4.69) is 6.92 Å². The molecule has 2 aliphatic heterocycles. The molecule has 2 unspecified atom stereocenters. The van der Waals surface area contributed by atoms with Gasteiger partial charge in [-0.15, -0.1) is 0 Å². The number of hydrogen-bond donors (Lipinski definition) is 0. The quantitative estimate of drug-likeness (QED) is 0.170. The Morgan fingerprint density at radius 3 is 2.00 bits per heavy atom. The molecule has 2 atom stereocenters. The van der Waals surface area contributed by atoms with E-state index < -0.39 is 39.9 Å². The molecule has 0 aromatic heterocycles. The van der Waals surface area contributed by atoms with E-state index in [0.29, 0.717) is 21.2 Å². The van der Waals surface area contributed by atoms with Gasteiger partial charge >= 0.3 is 12.2 Å². The molecular weight excluding hydrogens is 736 g/mol. The molecule has 0 saturated carbocycles. The lowest BCUT2D eigenvalue weighted by atomic mass is 9.93. The van der Waals surface area contributed by atoms with Gasteiger partial charge in [-0.2, -0.15) is 17.5 Å². The molecule has 6 rings (SSSR count). The van der Waals surface area contributed by atoms with Gasteiger partial charge < -0.3 is 9.64 Å². The van der Waals surface area contributed by atoms with Crippen LogP contribution in [0.3, 0.4) is 0 Å². The Balaban J connectivity index is 1.39. The summed E-state index contributed by atoms with van der Waals surface area (Å²) in [5, 5.41) is 0.968. The number of aryl methyl sites for hydroxylation is 1. The predicted octanol–water partition coefficient (Wildman–Crippen LogP) is 9.03. The number of urea groups is 1. The molecule has 1 saturated heterocycles. The molecule has 14 heteroatoms. The van der Waals surface area contributed by atoms with Crippen LogP contribution in [0.1, 0.15) is 60.2 Å². The van der Waals surface area contributed by atoms with E-state index in [1.165, 1.54) is 15.3 Å². The van der Waals surface area contributed by atoms with Gasteiger partial charge in [0.15, 0.2) is 0 Å². The zero-order chi connectivity index (χ0) is 37.2. The number of piperazine rings is 1. The van der Waals surface area contributed by atoms with Crippen molar-refractivity contribution in [3.63, 3.8) is 0 Å². The Hall–Kier alpha value is -4.10. The number of amidine groups is 1. The summed E-state index contributed by atoms with van der Waals surface area (Å²) >= 11 is 12.5. The highest BCUT2D eigenvalue weighted by Crippen LogP contribution is 2.46. The minimum Gasteiger partial charge on any atom is -0.493 e. The summed E-state index contributed by atoms with van der Waals surface area (Å²) in [6, 6.07) is 22.0. The lowest BCUT2D eigenvalue weighted by Crippen LogP contribution is -2.55. The summed E-state index contributed by atoms with van der Waals surface area (Å²) in [4.78, 5) is 23.1. The summed E-state index contributed by atoms with van der Waals surface area (Å²) in [6.45, 7) is 4.00. The average Bonchev–Trinajstić information content (AvgIpc) is 3.52. The van der Waals surface area contributed by atoms with Crippen molar-refractivity contribution in [1.29, 1.82) is 0 Å². The number of alkyl halides is 3. The minimum absolute atomic E-state index is 0.0435. The normalized spacial score (nSPS) is 18.4. The van der Waals surface area contributed by atoms with Crippen LogP contribution in [0.15, 0.2) is 101 Å². The number of carbonyl (C=O) groups is 1. The van der Waals surface area contributed by atoms with Crippen LogP contribution in [0.25, 0.3) is 0 Å². The molecule has 4 aromatic carbocycles. The molecular formula is C38H37Cl2F3N4O4S. The minimum atomic E-state index is -4.63. The fourth-order valence-electron chi connectivity index (χ4n) is 6.55. The molecule has 2 heterocycles. The molecule has 0 spiro atoms. The lowest BCUT2D eigenvalue weighted by molar-refractivity contribution is -0.137. The number of sulfonamides is 1. The topological polar surface area (TPSA) is 82.5 Å². The zero-order valence-electron chi connectivity index (χ0n) is 28.5. The average molecular weight is 774 g/mol. The van der Waals surface area contributed by atoms with Crippen LogP contribution in [0, 0.1) is 0 Å². The van der Waals surface area contributed by atoms with Gasteiger partial charge in [0.1, 0.15) is 17.6 Å². The van der Waals surface area contributed by atoms with E-state index in [1.807, 2.05) is 12.1 Å². The molecule has 1 fully saturated rings. The zero-order valence-corrected chi connectivity index (χ0v) is 30.8. The van der Waals surface area contributed by atoms with Crippen molar-refractivity contribution < 1.29 is 31.1 Å².